The Hall–Kier alpha value is -2.95. The van der Waals surface area contributed by atoms with E-state index < -0.39 is 28.1 Å². The number of benzene rings is 2. The number of carboxylic acids is 1. The molecule has 0 aromatic heterocycles. The van der Waals surface area contributed by atoms with Gasteiger partial charge in [-0.1, -0.05) is 42.5 Å². The second-order valence-corrected chi connectivity index (χ2v) is 9.40. The summed E-state index contributed by atoms with van der Waals surface area (Å²) >= 11 is 0. The number of nitrogens with zero attached hydrogens (tertiary/aromatic N) is 1. The molecule has 0 bridgehead atoms. The third kappa shape index (κ3) is 5.45. The zero-order valence-corrected chi connectivity index (χ0v) is 18.6. The van der Waals surface area contributed by atoms with Crippen molar-refractivity contribution in [3.8, 4) is 5.75 Å². The summed E-state index contributed by atoms with van der Waals surface area (Å²) in [7, 11) is -2.39. The van der Waals surface area contributed by atoms with E-state index in [1.54, 1.807) is 24.3 Å². The molecule has 0 unspecified atom stereocenters. The molecular weight excluding hydrogens is 434 g/mol. The van der Waals surface area contributed by atoms with Gasteiger partial charge < -0.3 is 15.2 Å². The average Bonchev–Trinajstić information content (AvgIpc) is 2.82. The number of hydrogen-bond donors (Lipinski definition) is 3. The minimum Gasteiger partial charge on any atom is -0.496 e. The molecule has 172 valence electrons. The summed E-state index contributed by atoms with van der Waals surface area (Å²) in [4.78, 5) is 23.6. The molecule has 32 heavy (non-hydrogen) atoms. The van der Waals surface area contributed by atoms with Crippen LogP contribution in [0.15, 0.2) is 54.6 Å². The van der Waals surface area contributed by atoms with Crippen LogP contribution in [0.1, 0.15) is 28.8 Å². The van der Waals surface area contributed by atoms with Crippen molar-refractivity contribution in [3.05, 3.63) is 65.7 Å². The molecule has 2 aromatic carbocycles. The van der Waals surface area contributed by atoms with Gasteiger partial charge in [0.1, 0.15) is 12.3 Å². The lowest BCUT2D eigenvalue weighted by molar-refractivity contribution is -0.135. The topological polar surface area (TPSA) is 125 Å². The normalized spacial score (nSPS) is 16.3. The minimum atomic E-state index is -3.90. The van der Waals surface area contributed by atoms with Crippen LogP contribution in [0.25, 0.3) is 0 Å². The van der Waals surface area contributed by atoms with E-state index in [-0.39, 0.29) is 19.0 Å². The number of aliphatic carboxylic acids is 1. The Bertz CT molecular complexity index is 1050. The van der Waals surface area contributed by atoms with Crippen molar-refractivity contribution >= 4 is 22.1 Å². The van der Waals surface area contributed by atoms with E-state index in [1.807, 2.05) is 30.3 Å². The van der Waals surface area contributed by atoms with Crippen LogP contribution >= 0.6 is 0 Å². The Balaban J connectivity index is 1.76. The highest BCUT2D eigenvalue weighted by Crippen LogP contribution is 2.36. The van der Waals surface area contributed by atoms with E-state index >= 15 is 0 Å². The van der Waals surface area contributed by atoms with Gasteiger partial charge in [0.05, 0.1) is 12.7 Å². The van der Waals surface area contributed by atoms with Crippen LogP contribution in [-0.2, 0) is 20.4 Å². The van der Waals surface area contributed by atoms with E-state index in [9.17, 15) is 18.0 Å². The first-order valence-corrected chi connectivity index (χ1v) is 11.6. The number of amides is 1. The summed E-state index contributed by atoms with van der Waals surface area (Å²) in [5, 5.41) is 11.8. The van der Waals surface area contributed by atoms with Crippen molar-refractivity contribution in [2.75, 3.05) is 33.3 Å². The predicted octanol–water partition coefficient (Wildman–Crippen LogP) is 1.38. The lowest BCUT2D eigenvalue weighted by Gasteiger charge is -2.41. The maximum Gasteiger partial charge on any atom is 0.318 e. The first-order valence-electron chi connectivity index (χ1n) is 10.2. The number of carbonyl (C=O) groups excluding carboxylic acids is 1. The molecule has 0 saturated carbocycles. The van der Waals surface area contributed by atoms with Gasteiger partial charge >= 0.3 is 5.97 Å². The molecule has 1 fully saturated rings. The number of piperidine rings is 1. The highest BCUT2D eigenvalue weighted by Gasteiger charge is 2.39. The van der Waals surface area contributed by atoms with Gasteiger partial charge in [-0.2, -0.15) is 17.4 Å². The number of rotatable bonds is 9. The lowest BCUT2D eigenvalue weighted by Crippen LogP contribution is -2.53. The van der Waals surface area contributed by atoms with Gasteiger partial charge in [0.2, 0.25) is 0 Å². The van der Waals surface area contributed by atoms with Crippen molar-refractivity contribution in [3.63, 3.8) is 0 Å². The van der Waals surface area contributed by atoms with Gasteiger partial charge in [-0.15, -0.1) is 0 Å². The van der Waals surface area contributed by atoms with Gasteiger partial charge in [0.15, 0.2) is 0 Å². The summed E-state index contributed by atoms with van der Waals surface area (Å²) in [5.41, 5.74) is 0.976. The zero-order chi connectivity index (χ0) is 23.2. The molecule has 1 heterocycles. The molecule has 3 rings (SSSR count). The maximum atomic E-state index is 12.9. The molecule has 10 heteroatoms. The zero-order valence-electron chi connectivity index (χ0n) is 17.8. The van der Waals surface area contributed by atoms with Gasteiger partial charge in [0, 0.05) is 25.0 Å². The fourth-order valence-electron chi connectivity index (χ4n) is 3.93. The monoisotopic (exact) mass is 461 g/mol. The van der Waals surface area contributed by atoms with E-state index in [1.165, 1.54) is 11.4 Å². The number of para-hydroxylation sites is 1. The number of carboxylic acid groups (broad SMARTS) is 1. The first-order chi connectivity index (χ1) is 15.3. The van der Waals surface area contributed by atoms with Crippen LogP contribution in [-0.4, -0.2) is 63.0 Å². The van der Waals surface area contributed by atoms with Crippen LogP contribution in [0.2, 0.25) is 0 Å². The highest BCUT2D eigenvalue weighted by molar-refractivity contribution is 7.87. The van der Waals surface area contributed by atoms with Crippen molar-refractivity contribution < 1.29 is 27.9 Å². The van der Waals surface area contributed by atoms with Crippen LogP contribution in [0.5, 0.6) is 5.75 Å². The molecule has 9 nitrogen and oxygen atoms in total. The Kier molecular flexibility index (Phi) is 7.49. The van der Waals surface area contributed by atoms with E-state index in [4.69, 9.17) is 9.84 Å². The molecule has 1 saturated heterocycles. The Labute approximate surface area is 187 Å². The van der Waals surface area contributed by atoms with Crippen molar-refractivity contribution in [1.82, 2.24) is 14.3 Å². The van der Waals surface area contributed by atoms with Crippen LogP contribution in [0, 0.1) is 0 Å². The Morgan fingerprint density at radius 3 is 2.31 bits per heavy atom. The third-order valence-electron chi connectivity index (χ3n) is 5.75. The molecule has 0 aliphatic carbocycles. The van der Waals surface area contributed by atoms with Crippen LogP contribution in [0.3, 0.4) is 0 Å². The largest absolute Gasteiger partial charge is 0.496 e. The smallest absolute Gasteiger partial charge is 0.318 e. The summed E-state index contributed by atoms with van der Waals surface area (Å²) < 4.78 is 33.5. The number of methoxy groups -OCH3 is 1. The molecule has 3 N–H and O–H groups in total. The first kappa shape index (κ1) is 23.7. The van der Waals surface area contributed by atoms with E-state index in [0.717, 1.165) is 5.56 Å². The molecule has 1 amide bonds. The minimum absolute atomic E-state index is 0.203. The standard InChI is InChI=1S/C22H27N3O6S/c1-31-19-10-6-5-9-18(19)21(28)23-16-22(17-7-3-2-4-8-17)11-13-25(14-12-22)32(29,30)24-15-20(26)27/h2-10,24H,11-16H2,1H3,(H,23,28)(H,26,27). The average molecular weight is 462 g/mol. The fourth-order valence-corrected chi connectivity index (χ4v) is 5.09. The number of ether oxygens (including phenoxy) is 1. The lowest BCUT2D eigenvalue weighted by atomic mass is 9.73. The van der Waals surface area contributed by atoms with Crippen molar-refractivity contribution in [2.24, 2.45) is 0 Å². The third-order valence-corrected chi connectivity index (χ3v) is 7.30. The second kappa shape index (κ2) is 10.1. The van der Waals surface area contributed by atoms with Gasteiger partial charge in [-0.25, -0.2) is 0 Å². The predicted molar refractivity (Wildman–Crippen MR) is 119 cm³/mol. The van der Waals surface area contributed by atoms with E-state index in [0.29, 0.717) is 30.7 Å². The summed E-state index contributed by atoms with van der Waals surface area (Å²) in [6.45, 7) is 0.0602. The van der Waals surface area contributed by atoms with Gasteiger partial charge in [-0.3, -0.25) is 9.59 Å². The van der Waals surface area contributed by atoms with Gasteiger partial charge in [-0.05, 0) is 30.5 Å². The van der Waals surface area contributed by atoms with Crippen LogP contribution < -0.4 is 14.8 Å². The van der Waals surface area contributed by atoms with Crippen molar-refractivity contribution in [2.45, 2.75) is 18.3 Å². The molecule has 1 aliphatic heterocycles. The van der Waals surface area contributed by atoms with Crippen molar-refractivity contribution in [1.29, 1.82) is 0 Å². The summed E-state index contributed by atoms with van der Waals surface area (Å²) in [6, 6.07) is 16.6. The molecule has 2 aromatic rings. The van der Waals surface area contributed by atoms with E-state index in [2.05, 4.69) is 10.0 Å². The molecular formula is C22H27N3O6S. The maximum absolute atomic E-state index is 12.9. The fraction of sp³-hybridized carbons (Fsp3) is 0.364. The molecule has 1 aliphatic rings. The van der Waals surface area contributed by atoms with Gasteiger partial charge in [0.25, 0.3) is 16.1 Å². The van der Waals surface area contributed by atoms with Crippen LogP contribution in [0.4, 0.5) is 0 Å². The quantitative estimate of drug-likeness (QED) is 0.518. The Morgan fingerprint density at radius 1 is 1.06 bits per heavy atom. The molecule has 0 radical (unpaired) electrons. The summed E-state index contributed by atoms with van der Waals surface area (Å²) in [6.07, 6.45) is 0.939. The summed E-state index contributed by atoms with van der Waals surface area (Å²) in [5.74, 6) is -1.04. The number of carbonyl (C=O) groups is 2. The SMILES string of the molecule is COc1ccccc1C(=O)NCC1(c2ccccc2)CCN(S(=O)(=O)NCC(=O)O)CC1. The second-order valence-electron chi connectivity index (χ2n) is 7.65. The number of nitrogens with one attached hydrogen (secondary N) is 2. The number of hydrogen-bond acceptors (Lipinski definition) is 5. The molecule has 0 spiro atoms. The highest BCUT2D eigenvalue weighted by atomic mass is 32.2. The Morgan fingerprint density at radius 2 is 1.69 bits per heavy atom. The molecule has 0 atom stereocenters.